The largest absolute Gasteiger partial charge is 0.370 e. The zero-order valence-electron chi connectivity index (χ0n) is 7.99. The van der Waals surface area contributed by atoms with Gasteiger partial charge in [0.25, 0.3) is 0 Å². The highest BCUT2D eigenvalue weighted by Crippen LogP contribution is 2.07. The number of hydrogen-bond acceptors (Lipinski definition) is 2. The Balaban J connectivity index is 2.62. The summed E-state index contributed by atoms with van der Waals surface area (Å²) >= 11 is 0. The molecule has 0 spiro atoms. The lowest BCUT2D eigenvalue weighted by atomic mass is 10.2. The summed E-state index contributed by atoms with van der Waals surface area (Å²) in [6.07, 6.45) is 10.2. The zero-order valence-corrected chi connectivity index (χ0v) is 7.99. The highest BCUT2D eigenvalue weighted by atomic mass is 14.9. The fourth-order valence-corrected chi connectivity index (χ4v) is 1.09. The van der Waals surface area contributed by atoms with E-state index in [2.05, 4.69) is 30.5 Å². The fraction of sp³-hybridized carbons (Fsp3) is 0.364. The number of rotatable bonds is 2. The van der Waals surface area contributed by atoms with E-state index >= 15 is 0 Å². The summed E-state index contributed by atoms with van der Waals surface area (Å²) in [4.78, 5) is 0. The van der Waals surface area contributed by atoms with E-state index in [0.29, 0.717) is 5.92 Å². The maximum atomic E-state index is 8.61. The number of nitrogens with zero attached hydrogens (tertiary/aromatic N) is 1. The number of nitriles is 1. The van der Waals surface area contributed by atoms with Gasteiger partial charge < -0.3 is 5.32 Å². The molecule has 0 fully saturated rings. The van der Waals surface area contributed by atoms with Gasteiger partial charge in [-0.15, -0.1) is 0 Å². The van der Waals surface area contributed by atoms with Gasteiger partial charge in [0.05, 0.1) is 6.07 Å². The summed E-state index contributed by atoms with van der Waals surface area (Å²) in [7, 11) is 0. The summed E-state index contributed by atoms with van der Waals surface area (Å²) in [6.45, 7) is 3.96. The summed E-state index contributed by atoms with van der Waals surface area (Å²) in [5.41, 5.74) is 0.995. The van der Waals surface area contributed by atoms with Crippen LogP contribution in [-0.2, 0) is 0 Å². The first-order chi connectivity index (χ1) is 6.22. The molecule has 0 radical (unpaired) electrons. The van der Waals surface area contributed by atoms with Crippen LogP contribution in [0.25, 0.3) is 0 Å². The van der Waals surface area contributed by atoms with Gasteiger partial charge in [-0.2, -0.15) is 5.26 Å². The molecule has 0 aromatic heterocycles. The van der Waals surface area contributed by atoms with Crippen molar-refractivity contribution in [1.82, 2.24) is 5.32 Å². The van der Waals surface area contributed by atoms with Crippen LogP contribution < -0.4 is 5.32 Å². The quantitative estimate of drug-likeness (QED) is 0.696. The molecule has 0 saturated heterocycles. The van der Waals surface area contributed by atoms with E-state index in [4.69, 9.17) is 5.26 Å². The van der Waals surface area contributed by atoms with E-state index in [9.17, 15) is 0 Å². The predicted octanol–water partition coefficient (Wildman–Crippen LogP) is 2.13. The number of allylic oxidation sites excluding steroid dienone is 5. The number of nitrogens with one attached hydrogen (secondary N) is 1. The molecular weight excluding hydrogens is 160 g/mol. The molecule has 1 aliphatic carbocycles. The molecule has 2 unspecified atom stereocenters. The second-order valence-electron chi connectivity index (χ2n) is 3.22. The zero-order chi connectivity index (χ0) is 9.68. The van der Waals surface area contributed by atoms with Gasteiger partial charge in [0, 0.05) is 5.70 Å². The third-order valence-corrected chi connectivity index (χ3v) is 1.85. The van der Waals surface area contributed by atoms with E-state index < -0.39 is 0 Å². The molecule has 0 amide bonds. The molecule has 1 N–H and O–H groups in total. The van der Waals surface area contributed by atoms with Crippen LogP contribution in [0.15, 0.2) is 36.1 Å². The van der Waals surface area contributed by atoms with Gasteiger partial charge in [0.2, 0.25) is 0 Å². The van der Waals surface area contributed by atoms with E-state index in [-0.39, 0.29) is 6.04 Å². The topological polar surface area (TPSA) is 35.8 Å². The summed E-state index contributed by atoms with van der Waals surface area (Å²) in [5, 5.41) is 11.7. The Bertz CT molecular complexity index is 292. The van der Waals surface area contributed by atoms with Gasteiger partial charge >= 0.3 is 0 Å². The van der Waals surface area contributed by atoms with Crippen LogP contribution in [0.1, 0.15) is 13.8 Å². The maximum Gasteiger partial charge on any atom is 0.111 e. The Labute approximate surface area is 79.3 Å². The minimum absolute atomic E-state index is 0.141. The molecule has 0 aromatic rings. The van der Waals surface area contributed by atoms with Crippen molar-refractivity contribution >= 4 is 0 Å². The van der Waals surface area contributed by atoms with E-state index in [1.54, 1.807) is 0 Å². The Hall–Kier alpha value is -1.49. The van der Waals surface area contributed by atoms with Crippen molar-refractivity contribution in [2.75, 3.05) is 0 Å². The Morgan fingerprint density at radius 3 is 3.00 bits per heavy atom. The molecular formula is C11H14N2. The van der Waals surface area contributed by atoms with Crippen LogP contribution in [0.5, 0.6) is 0 Å². The molecule has 0 saturated carbocycles. The molecule has 1 rings (SSSR count). The smallest absolute Gasteiger partial charge is 0.111 e. The minimum atomic E-state index is -0.141. The molecule has 2 heteroatoms. The highest BCUT2D eigenvalue weighted by Gasteiger charge is 2.00. The van der Waals surface area contributed by atoms with Crippen LogP contribution in [0.2, 0.25) is 0 Å². The monoisotopic (exact) mass is 174 g/mol. The van der Waals surface area contributed by atoms with E-state index in [0.717, 1.165) is 5.70 Å². The first-order valence-corrected chi connectivity index (χ1v) is 4.45. The Morgan fingerprint density at radius 1 is 1.54 bits per heavy atom. The van der Waals surface area contributed by atoms with Gasteiger partial charge in [-0.25, -0.2) is 0 Å². The number of hydrogen-bond donors (Lipinski definition) is 1. The third-order valence-electron chi connectivity index (χ3n) is 1.85. The minimum Gasteiger partial charge on any atom is -0.370 e. The first kappa shape index (κ1) is 9.60. The van der Waals surface area contributed by atoms with Crippen LogP contribution >= 0.6 is 0 Å². The molecule has 0 heterocycles. The van der Waals surface area contributed by atoms with Crippen molar-refractivity contribution in [3.63, 3.8) is 0 Å². The van der Waals surface area contributed by atoms with Crippen molar-refractivity contribution in [3.05, 3.63) is 36.1 Å². The van der Waals surface area contributed by atoms with Crippen molar-refractivity contribution < 1.29 is 0 Å². The molecule has 2 atom stereocenters. The van der Waals surface area contributed by atoms with Crippen LogP contribution in [0, 0.1) is 17.2 Å². The summed E-state index contributed by atoms with van der Waals surface area (Å²) < 4.78 is 0. The Morgan fingerprint density at radius 2 is 2.31 bits per heavy atom. The van der Waals surface area contributed by atoms with Crippen LogP contribution in [0.3, 0.4) is 0 Å². The second kappa shape index (κ2) is 4.51. The third kappa shape index (κ3) is 3.16. The lowest BCUT2D eigenvalue weighted by Crippen LogP contribution is -2.22. The fourth-order valence-electron chi connectivity index (χ4n) is 1.09. The van der Waals surface area contributed by atoms with Crippen LogP contribution in [0.4, 0.5) is 0 Å². The average molecular weight is 174 g/mol. The lowest BCUT2D eigenvalue weighted by molar-refractivity contribution is 0.754. The molecule has 13 heavy (non-hydrogen) atoms. The van der Waals surface area contributed by atoms with Crippen molar-refractivity contribution in [1.29, 1.82) is 5.26 Å². The molecule has 1 aliphatic rings. The van der Waals surface area contributed by atoms with Crippen LogP contribution in [-0.4, -0.2) is 6.04 Å². The lowest BCUT2D eigenvalue weighted by Gasteiger charge is -2.07. The van der Waals surface area contributed by atoms with Crippen molar-refractivity contribution in [3.8, 4) is 6.07 Å². The first-order valence-electron chi connectivity index (χ1n) is 4.45. The van der Waals surface area contributed by atoms with Crippen molar-refractivity contribution in [2.45, 2.75) is 19.9 Å². The predicted molar refractivity (Wildman–Crippen MR) is 53.7 cm³/mol. The van der Waals surface area contributed by atoms with E-state index in [1.165, 1.54) is 0 Å². The molecule has 0 bridgehead atoms. The highest BCUT2D eigenvalue weighted by molar-refractivity contribution is 5.28. The standard InChI is InChI=1S/C11H14N2/c1-9-4-3-5-11(7-6-9)13-10(2)8-12/h3-7,9-10,13H,1-2H3. The van der Waals surface area contributed by atoms with Gasteiger partial charge in [-0.05, 0) is 25.0 Å². The van der Waals surface area contributed by atoms with E-state index in [1.807, 2.05) is 25.2 Å². The SMILES string of the molecule is CC1C=CC=C(NC(C)C#N)C=C1. The van der Waals surface area contributed by atoms with Gasteiger partial charge in [-0.1, -0.05) is 25.2 Å². The molecule has 0 aliphatic heterocycles. The second-order valence-corrected chi connectivity index (χ2v) is 3.22. The summed E-state index contributed by atoms with van der Waals surface area (Å²) in [6, 6.07) is 1.99. The van der Waals surface area contributed by atoms with Crippen molar-refractivity contribution in [2.24, 2.45) is 5.92 Å². The average Bonchev–Trinajstić information content (AvgIpc) is 2.31. The van der Waals surface area contributed by atoms with Gasteiger partial charge in [0.15, 0.2) is 0 Å². The molecule has 0 aromatic carbocycles. The molecule has 68 valence electrons. The maximum absolute atomic E-state index is 8.61. The van der Waals surface area contributed by atoms with Gasteiger partial charge in [-0.3, -0.25) is 0 Å². The molecule has 2 nitrogen and oxygen atoms in total. The normalized spacial score (nSPS) is 22.8. The Kier molecular flexibility index (Phi) is 3.33. The van der Waals surface area contributed by atoms with Gasteiger partial charge in [0.1, 0.15) is 6.04 Å². The summed E-state index contributed by atoms with van der Waals surface area (Å²) in [5.74, 6) is 0.466.